The summed E-state index contributed by atoms with van der Waals surface area (Å²) in [6.45, 7) is 7.94. The number of benzene rings is 1. The molecule has 5 heterocycles. The molecule has 3 atom stereocenters. The number of likely N-dealkylation sites (N-methyl/N-ethyl adjacent to an activating group) is 1. The van der Waals surface area contributed by atoms with E-state index in [0.29, 0.717) is 80.6 Å². The second kappa shape index (κ2) is 15.1. The number of piperidine rings is 2. The highest BCUT2D eigenvalue weighted by molar-refractivity contribution is 5.95. The monoisotopic (exact) mass is 661 g/mol. The Morgan fingerprint density at radius 1 is 0.958 bits per heavy atom. The van der Waals surface area contributed by atoms with E-state index in [1.165, 1.54) is 0 Å². The Balaban J connectivity index is 1.18. The molecule has 4 bridgehead atoms. The van der Waals surface area contributed by atoms with Crippen LogP contribution in [0.25, 0.3) is 0 Å². The summed E-state index contributed by atoms with van der Waals surface area (Å²) in [6, 6.07) is 4.05. The third-order valence-corrected chi connectivity index (χ3v) is 10.7. The smallest absolute Gasteiger partial charge is 0.257 e. The number of fused-ring (bicyclic) bond motifs is 6. The Morgan fingerprint density at radius 3 is 2.52 bits per heavy atom. The van der Waals surface area contributed by atoms with Crippen LogP contribution in [-0.4, -0.2) is 122 Å². The Labute approximate surface area is 284 Å². The van der Waals surface area contributed by atoms with Crippen LogP contribution in [0.4, 0.5) is 5.95 Å². The summed E-state index contributed by atoms with van der Waals surface area (Å²) in [5.41, 5.74) is 3.30. The van der Waals surface area contributed by atoms with Crippen molar-refractivity contribution in [1.29, 1.82) is 0 Å². The van der Waals surface area contributed by atoms with Crippen LogP contribution in [0, 0.1) is 18.8 Å². The molecule has 48 heavy (non-hydrogen) atoms. The van der Waals surface area contributed by atoms with Gasteiger partial charge >= 0.3 is 0 Å². The largest absolute Gasteiger partial charge is 0.493 e. The second-order valence-corrected chi connectivity index (χ2v) is 14.0. The van der Waals surface area contributed by atoms with Gasteiger partial charge in [-0.15, -0.1) is 0 Å². The summed E-state index contributed by atoms with van der Waals surface area (Å²) in [5.74, 6) is 2.51. The number of nitrogens with one attached hydrogen (secondary N) is 1. The molecule has 0 radical (unpaired) electrons. The molecule has 3 fully saturated rings. The number of hydrogen-bond donors (Lipinski definition) is 1. The molecule has 0 spiro atoms. The minimum Gasteiger partial charge on any atom is -0.493 e. The van der Waals surface area contributed by atoms with Crippen LogP contribution in [-0.2, 0) is 22.4 Å². The molecule has 4 aliphatic rings. The maximum Gasteiger partial charge on any atom is 0.257 e. The van der Waals surface area contributed by atoms with Gasteiger partial charge in [0.25, 0.3) is 5.91 Å². The molecule has 3 amide bonds. The topological polar surface area (TPSA) is 120 Å². The molecule has 3 saturated heterocycles. The number of amides is 3. The fourth-order valence-corrected chi connectivity index (χ4v) is 8.06. The van der Waals surface area contributed by atoms with Gasteiger partial charge in [-0.2, -0.15) is 0 Å². The summed E-state index contributed by atoms with van der Waals surface area (Å²) in [4.78, 5) is 58.5. The number of carbonyl (C=O) groups is 3. The van der Waals surface area contributed by atoms with Gasteiger partial charge in [0.1, 0.15) is 0 Å². The number of likely N-dealkylation sites (tertiary alicyclic amines) is 1. The van der Waals surface area contributed by atoms with Crippen molar-refractivity contribution >= 4 is 23.7 Å². The van der Waals surface area contributed by atoms with Gasteiger partial charge in [-0.25, -0.2) is 9.97 Å². The molecule has 0 unspecified atom stereocenters. The summed E-state index contributed by atoms with van der Waals surface area (Å²) in [6.07, 6.45) is 7.03. The lowest BCUT2D eigenvalue weighted by atomic mass is 9.77. The van der Waals surface area contributed by atoms with Crippen LogP contribution < -0.4 is 19.7 Å². The lowest BCUT2D eigenvalue weighted by molar-refractivity contribution is -0.140. The number of nitrogens with zero attached hydrogens (tertiary/aromatic N) is 6. The quantitative estimate of drug-likeness (QED) is 0.528. The maximum absolute atomic E-state index is 14.0. The molecule has 2 aromatic rings. The SMILES string of the molecule is COc1cc2cc(c1OC)CCCNC(=O)CCC[C@H]1[C@@H]3C[C@@H](CN(C(=O)c4cnc(N5CCN(C)CC5)nc4C)C3)CN1C(=O)CC2. The zero-order valence-electron chi connectivity index (χ0n) is 29.0. The summed E-state index contributed by atoms with van der Waals surface area (Å²) in [5, 5.41) is 3.07. The van der Waals surface area contributed by atoms with Gasteiger partial charge in [-0.3, -0.25) is 14.4 Å². The van der Waals surface area contributed by atoms with Gasteiger partial charge in [0.15, 0.2) is 11.5 Å². The second-order valence-electron chi connectivity index (χ2n) is 14.0. The number of aromatic nitrogens is 2. The zero-order valence-corrected chi connectivity index (χ0v) is 29.0. The molecular formula is C36H51N7O5. The van der Waals surface area contributed by atoms with Crippen molar-refractivity contribution in [3.05, 3.63) is 40.7 Å². The van der Waals surface area contributed by atoms with Crippen molar-refractivity contribution < 1.29 is 23.9 Å². The van der Waals surface area contributed by atoms with Gasteiger partial charge in [-0.1, -0.05) is 6.07 Å². The van der Waals surface area contributed by atoms with Gasteiger partial charge in [-0.05, 0) is 81.5 Å². The Hall–Kier alpha value is -3.93. The van der Waals surface area contributed by atoms with E-state index in [0.717, 1.165) is 63.0 Å². The van der Waals surface area contributed by atoms with E-state index in [1.54, 1.807) is 20.4 Å². The minimum atomic E-state index is -0.0382. The highest BCUT2D eigenvalue weighted by atomic mass is 16.5. The van der Waals surface area contributed by atoms with Gasteiger partial charge in [0.2, 0.25) is 17.8 Å². The summed E-state index contributed by atoms with van der Waals surface area (Å²) >= 11 is 0. The average Bonchev–Trinajstić information content (AvgIpc) is 3.09. The summed E-state index contributed by atoms with van der Waals surface area (Å²) < 4.78 is 11.3. The van der Waals surface area contributed by atoms with Crippen LogP contribution in [0.5, 0.6) is 11.5 Å². The molecule has 6 rings (SSSR count). The number of aryl methyl sites for hydroxylation is 3. The number of carbonyl (C=O) groups excluding carboxylic acids is 3. The zero-order chi connectivity index (χ0) is 33.8. The van der Waals surface area contributed by atoms with Crippen molar-refractivity contribution in [3.8, 4) is 11.5 Å². The molecule has 4 aliphatic heterocycles. The van der Waals surface area contributed by atoms with Crippen LogP contribution >= 0.6 is 0 Å². The van der Waals surface area contributed by atoms with Crippen LogP contribution in [0.3, 0.4) is 0 Å². The third kappa shape index (κ3) is 7.53. The van der Waals surface area contributed by atoms with Crippen molar-refractivity contribution in [3.63, 3.8) is 0 Å². The number of hydrogen-bond acceptors (Lipinski definition) is 9. The van der Waals surface area contributed by atoms with Crippen molar-refractivity contribution in [2.24, 2.45) is 11.8 Å². The average molecular weight is 662 g/mol. The molecule has 1 N–H and O–H groups in total. The highest BCUT2D eigenvalue weighted by Crippen LogP contribution is 2.38. The highest BCUT2D eigenvalue weighted by Gasteiger charge is 2.43. The molecule has 1 aromatic heterocycles. The normalized spacial score (nSPS) is 24.5. The third-order valence-electron chi connectivity index (χ3n) is 10.7. The van der Waals surface area contributed by atoms with E-state index >= 15 is 0 Å². The lowest BCUT2D eigenvalue weighted by Crippen LogP contribution is -2.60. The molecule has 12 heteroatoms. The fraction of sp³-hybridized carbons (Fsp3) is 0.639. The number of piperazine rings is 1. The predicted octanol–water partition coefficient (Wildman–Crippen LogP) is 2.71. The van der Waals surface area contributed by atoms with E-state index in [9.17, 15) is 14.4 Å². The van der Waals surface area contributed by atoms with E-state index in [-0.39, 0.29) is 35.6 Å². The number of rotatable bonds is 4. The van der Waals surface area contributed by atoms with Crippen LogP contribution in [0.2, 0.25) is 0 Å². The molecule has 1 aromatic carbocycles. The lowest BCUT2D eigenvalue weighted by Gasteiger charge is -2.51. The van der Waals surface area contributed by atoms with E-state index in [2.05, 4.69) is 38.1 Å². The van der Waals surface area contributed by atoms with Crippen LogP contribution in [0.1, 0.15) is 65.7 Å². The number of ether oxygens (including phenoxy) is 2. The number of anilines is 1. The molecule has 0 aliphatic carbocycles. The number of methoxy groups -OCH3 is 2. The Kier molecular flexibility index (Phi) is 10.7. The first-order chi connectivity index (χ1) is 23.2. The van der Waals surface area contributed by atoms with Crippen molar-refractivity contribution in [2.75, 3.05) is 78.5 Å². The molecular weight excluding hydrogens is 610 g/mol. The van der Waals surface area contributed by atoms with Crippen LogP contribution in [0.15, 0.2) is 18.3 Å². The molecule has 12 nitrogen and oxygen atoms in total. The Bertz CT molecular complexity index is 1490. The summed E-state index contributed by atoms with van der Waals surface area (Å²) in [7, 11) is 5.39. The van der Waals surface area contributed by atoms with Gasteiger partial charge in [0, 0.05) is 77.4 Å². The van der Waals surface area contributed by atoms with E-state index in [4.69, 9.17) is 14.5 Å². The first-order valence-electron chi connectivity index (χ1n) is 17.6. The molecule has 0 saturated carbocycles. The minimum absolute atomic E-state index is 0.0250. The predicted molar refractivity (Wildman–Crippen MR) is 183 cm³/mol. The maximum atomic E-state index is 14.0. The van der Waals surface area contributed by atoms with E-state index in [1.807, 2.05) is 17.9 Å². The Morgan fingerprint density at radius 2 is 1.77 bits per heavy atom. The molecule has 260 valence electrons. The van der Waals surface area contributed by atoms with Crippen molar-refractivity contribution in [2.45, 2.75) is 64.3 Å². The van der Waals surface area contributed by atoms with E-state index < -0.39 is 0 Å². The first-order valence-corrected chi connectivity index (χ1v) is 17.6. The van der Waals surface area contributed by atoms with Gasteiger partial charge < -0.3 is 34.4 Å². The van der Waals surface area contributed by atoms with Gasteiger partial charge in [0.05, 0.1) is 25.5 Å². The fourth-order valence-electron chi connectivity index (χ4n) is 8.06. The van der Waals surface area contributed by atoms with Crippen molar-refractivity contribution in [1.82, 2.24) is 30.0 Å². The standard InChI is InChI=1S/C36H51N7O5/c1-24-29(20-38-36(39-24)41-15-13-40(2)14-16-41)35(46)42-21-26-18-28(23-42)30-8-5-9-32(44)37-12-6-7-27-17-25(10-11-33(45)43(30)22-26)19-31(47-3)34(27)48-4/h17,19-20,26,28,30H,5-16,18,21-23H2,1-4H3,(H,37,44)/t26-,28+,30-/m0/s1. The first kappa shape index (κ1) is 34.0.